The van der Waals surface area contributed by atoms with Gasteiger partial charge in [0.1, 0.15) is 5.82 Å². The van der Waals surface area contributed by atoms with Gasteiger partial charge >= 0.3 is 0 Å². The van der Waals surface area contributed by atoms with Crippen molar-refractivity contribution in [3.05, 3.63) is 61.7 Å². The van der Waals surface area contributed by atoms with Gasteiger partial charge in [-0.3, -0.25) is 14.6 Å². The third kappa shape index (κ3) is 5.48. The van der Waals surface area contributed by atoms with Crippen LogP contribution < -0.4 is 5.32 Å². The van der Waals surface area contributed by atoms with E-state index in [-0.39, 0.29) is 0 Å². The normalized spacial score (nSPS) is 16.5. The van der Waals surface area contributed by atoms with E-state index in [1.807, 2.05) is 57.1 Å². The number of allylic oxidation sites excluding steroid dienone is 2. The van der Waals surface area contributed by atoms with Gasteiger partial charge in [-0.05, 0) is 44.0 Å². The quantitative estimate of drug-likeness (QED) is 0.612. The van der Waals surface area contributed by atoms with Crippen molar-refractivity contribution < 1.29 is 0 Å². The van der Waals surface area contributed by atoms with Crippen LogP contribution in [0, 0.1) is 5.92 Å². The fourth-order valence-electron chi connectivity index (χ4n) is 3.98. The zero-order valence-corrected chi connectivity index (χ0v) is 18.9. The molecule has 3 aromatic rings. The van der Waals surface area contributed by atoms with Gasteiger partial charge in [0.25, 0.3) is 0 Å². The Labute approximate surface area is 189 Å². The Morgan fingerprint density at radius 3 is 2.72 bits per heavy atom. The molecule has 7 nitrogen and oxygen atoms in total. The molecule has 0 unspecified atom stereocenters. The molecule has 0 saturated carbocycles. The first-order chi connectivity index (χ1) is 15.6. The molecule has 2 aliphatic rings. The van der Waals surface area contributed by atoms with Gasteiger partial charge in [0, 0.05) is 68.4 Å². The third-order valence-electron chi connectivity index (χ3n) is 5.92. The Bertz CT molecular complexity index is 1120. The lowest BCUT2D eigenvalue weighted by Gasteiger charge is -2.30. The minimum absolute atomic E-state index is 0.745. The summed E-state index contributed by atoms with van der Waals surface area (Å²) in [5, 5.41) is 8.20. The van der Waals surface area contributed by atoms with Crippen molar-refractivity contribution >= 4 is 22.4 Å². The second-order valence-corrected chi connectivity index (χ2v) is 8.24. The molecular formula is C25H31N7. The van der Waals surface area contributed by atoms with Gasteiger partial charge in [0.2, 0.25) is 0 Å². The van der Waals surface area contributed by atoms with E-state index in [2.05, 4.69) is 49.0 Å². The molecule has 0 amide bonds. The Morgan fingerprint density at radius 2 is 2.06 bits per heavy atom. The van der Waals surface area contributed by atoms with Crippen molar-refractivity contribution in [2.24, 2.45) is 18.0 Å². The number of aliphatic imine (C=N–C) groups is 1. The predicted octanol–water partition coefficient (Wildman–Crippen LogP) is 4.31. The highest BCUT2D eigenvalue weighted by atomic mass is 15.2. The first kappa shape index (κ1) is 21.9. The summed E-state index contributed by atoms with van der Waals surface area (Å²) in [5.41, 5.74) is 4.18. The van der Waals surface area contributed by atoms with E-state index in [4.69, 9.17) is 0 Å². The van der Waals surface area contributed by atoms with E-state index in [0.717, 1.165) is 46.9 Å². The van der Waals surface area contributed by atoms with Gasteiger partial charge in [0.15, 0.2) is 0 Å². The van der Waals surface area contributed by atoms with Crippen LogP contribution in [0.3, 0.4) is 0 Å². The fraction of sp³-hybridized carbons (Fsp3) is 0.360. The van der Waals surface area contributed by atoms with Gasteiger partial charge in [-0.15, -0.1) is 6.58 Å². The lowest BCUT2D eigenvalue weighted by Crippen LogP contribution is -2.36. The van der Waals surface area contributed by atoms with Crippen LogP contribution in [0.1, 0.15) is 19.3 Å². The van der Waals surface area contributed by atoms with Crippen LogP contribution in [0.5, 0.6) is 0 Å². The molecule has 3 aromatic heterocycles. The molecule has 0 aliphatic carbocycles. The molecule has 0 spiro atoms. The monoisotopic (exact) mass is 429 g/mol. The van der Waals surface area contributed by atoms with E-state index in [1.54, 1.807) is 4.68 Å². The number of pyridine rings is 2. The highest BCUT2D eigenvalue weighted by molar-refractivity contribution is 5.89. The first-order valence-electron chi connectivity index (χ1n) is 11.1. The smallest absolute Gasteiger partial charge is 0.127 e. The van der Waals surface area contributed by atoms with Crippen LogP contribution in [0.25, 0.3) is 22.2 Å². The molecule has 0 atom stereocenters. The largest absolute Gasteiger partial charge is 0.373 e. The molecule has 32 heavy (non-hydrogen) atoms. The number of rotatable bonds is 5. The molecule has 1 fully saturated rings. The van der Waals surface area contributed by atoms with E-state index in [0.29, 0.717) is 0 Å². The fourth-order valence-corrected chi connectivity index (χ4v) is 3.98. The summed E-state index contributed by atoms with van der Waals surface area (Å²) in [6.45, 7) is 7.33. The Balaban J connectivity index is 0.000000158. The molecule has 0 radical (unpaired) electrons. The second-order valence-electron chi connectivity index (χ2n) is 8.24. The number of nitrogens with one attached hydrogen (secondary N) is 1. The number of aryl methyl sites for hydroxylation is 1. The van der Waals surface area contributed by atoms with Crippen LogP contribution in [0.15, 0.2) is 66.7 Å². The van der Waals surface area contributed by atoms with Gasteiger partial charge in [-0.1, -0.05) is 12.2 Å². The average Bonchev–Trinajstić information content (AvgIpc) is 3.51. The van der Waals surface area contributed by atoms with Crippen molar-refractivity contribution in [2.45, 2.75) is 19.3 Å². The second kappa shape index (κ2) is 10.3. The van der Waals surface area contributed by atoms with Crippen LogP contribution in [0.4, 0.5) is 5.82 Å². The summed E-state index contributed by atoms with van der Waals surface area (Å²) in [4.78, 5) is 15.7. The summed E-state index contributed by atoms with van der Waals surface area (Å²) in [7, 11) is 3.74. The standard InChI is InChI=1S/C13H13N5.C12H18N2/c1-14-13-5-12-9(6-15-13)3-4-11(17-12)10-7-16-18(2)8-10;1-2-11-5-8-14(9-6-11)10-12-4-3-7-13-12/h3-8H,1-2H3,(H,14,15);2-3,7,11H,1,4-6,8-10H2. The predicted molar refractivity (Wildman–Crippen MR) is 132 cm³/mol. The topological polar surface area (TPSA) is 71.2 Å². The minimum atomic E-state index is 0.745. The summed E-state index contributed by atoms with van der Waals surface area (Å²) in [6.07, 6.45) is 15.3. The molecular weight excluding hydrogens is 398 g/mol. The van der Waals surface area contributed by atoms with Gasteiger partial charge in [-0.25, -0.2) is 9.97 Å². The van der Waals surface area contributed by atoms with E-state index in [9.17, 15) is 0 Å². The van der Waals surface area contributed by atoms with Crippen LogP contribution in [0.2, 0.25) is 0 Å². The van der Waals surface area contributed by atoms with Crippen LogP contribution in [-0.4, -0.2) is 57.0 Å². The van der Waals surface area contributed by atoms with Crippen LogP contribution >= 0.6 is 0 Å². The van der Waals surface area contributed by atoms with Crippen molar-refractivity contribution in [1.82, 2.24) is 24.6 Å². The summed E-state index contributed by atoms with van der Waals surface area (Å²) in [5.74, 6) is 1.56. The molecule has 166 valence electrons. The number of fused-ring (bicyclic) bond motifs is 1. The van der Waals surface area contributed by atoms with Gasteiger partial charge < -0.3 is 5.32 Å². The molecule has 5 rings (SSSR count). The highest BCUT2D eigenvalue weighted by Gasteiger charge is 2.18. The van der Waals surface area contributed by atoms with E-state index < -0.39 is 0 Å². The summed E-state index contributed by atoms with van der Waals surface area (Å²) < 4.78 is 1.77. The maximum Gasteiger partial charge on any atom is 0.127 e. The van der Waals surface area contributed by atoms with Crippen molar-refractivity contribution in [3.8, 4) is 11.3 Å². The number of piperidine rings is 1. The number of hydrogen-bond donors (Lipinski definition) is 1. The summed E-state index contributed by atoms with van der Waals surface area (Å²) >= 11 is 0. The maximum atomic E-state index is 4.63. The number of anilines is 1. The molecule has 0 bridgehead atoms. The lowest BCUT2D eigenvalue weighted by atomic mass is 9.97. The Hall–Kier alpha value is -3.32. The first-order valence-corrected chi connectivity index (χ1v) is 11.1. The third-order valence-corrected chi connectivity index (χ3v) is 5.92. The minimum Gasteiger partial charge on any atom is -0.373 e. The molecule has 1 N–H and O–H groups in total. The molecule has 2 aliphatic heterocycles. The Morgan fingerprint density at radius 1 is 1.22 bits per heavy atom. The maximum absolute atomic E-state index is 4.63. The number of aromatic nitrogens is 4. The number of hydrogen-bond acceptors (Lipinski definition) is 6. The van der Waals surface area contributed by atoms with Gasteiger partial charge in [-0.2, -0.15) is 5.10 Å². The highest BCUT2D eigenvalue weighted by Crippen LogP contribution is 2.21. The number of likely N-dealkylation sites (tertiary alicyclic amines) is 1. The van der Waals surface area contributed by atoms with E-state index in [1.165, 1.54) is 31.6 Å². The van der Waals surface area contributed by atoms with Crippen molar-refractivity contribution in [1.29, 1.82) is 0 Å². The van der Waals surface area contributed by atoms with E-state index >= 15 is 0 Å². The number of nitrogens with zero attached hydrogens (tertiary/aromatic N) is 6. The zero-order valence-electron chi connectivity index (χ0n) is 18.9. The average molecular weight is 430 g/mol. The Kier molecular flexibility index (Phi) is 7.07. The SMILES string of the molecule is C=CC1CCN(CC2=NC=CC2)CC1.CNc1cc2nc(-c3cnn(C)c3)ccc2cn1. The lowest BCUT2D eigenvalue weighted by molar-refractivity contribution is 0.228. The molecule has 0 aromatic carbocycles. The van der Waals surface area contributed by atoms with Crippen molar-refractivity contribution in [2.75, 3.05) is 32.0 Å². The molecule has 1 saturated heterocycles. The molecule has 7 heteroatoms. The molecule has 5 heterocycles. The van der Waals surface area contributed by atoms with Crippen molar-refractivity contribution in [3.63, 3.8) is 0 Å². The summed E-state index contributed by atoms with van der Waals surface area (Å²) in [6, 6.07) is 5.95. The van der Waals surface area contributed by atoms with Crippen LogP contribution in [-0.2, 0) is 7.05 Å². The zero-order chi connectivity index (χ0) is 22.3. The van der Waals surface area contributed by atoms with Gasteiger partial charge in [0.05, 0.1) is 17.4 Å².